The Kier molecular flexibility index (Phi) is 6.64. The van der Waals surface area contributed by atoms with Gasteiger partial charge in [0.05, 0.1) is 0 Å². The number of para-hydroxylation sites is 1. The van der Waals surface area contributed by atoms with Crippen LogP contribution in [0.3, 0.4) is 0 Å². The third-order valence-electron chi connectivity index (χ3n) is 5.52. The third-order valence-corrected chi connectivity index (χ3v) is 5.52. The number of carbonyl (C=O) groups excluding carboxylic acids is 1. The number of nitrogens with one attached hydrogen (secondary N) is 1. The Morgan fingerprint density at radius 1 is 1.06 bits per heavy atom. The number of methoxy groups -OCH3 is 1. The monoisotopic (exact) mass is 423 g/mol. The maximum atomic E-state index is 12.5. The predicted molar refractivity (Wildman–Crippen MR) is 128 cm³/mol. The molecule has 0 atom stereocenters. The molecule has 5 heteroatoms. The standard InChI is InChI=1S/C27H25N3O2/c1-32-15-7-14-29-27(31)22(17-28)16-23-19-30(26-13-5-4-12-25(23)26)18-21-10-6-9-20-8-2-3-11-24(20)21/h2-6,8-13,16,19H,7,14-15,18H2,1H3,(H,29,31)/b22-16+. The first-order chi connectivity index (χ1) is 15.7. The number of ether oxygens (including phenoxy) is 1. The van der Waals surface area contributed by atoms with E-state index in [1.54, 1.807) is 13.2 Å². The third kappa shape index (κ3) is 4.56. The maximum absolute atomic E-state index is 12.5. The van der Waals surface area contributed by atoms with Gasteiger partial charge in [-0.3, -0.25) is 4.79 Å². The lowest BCUT2D eigenvalue weighted by Gasteiger charge is -2.09. The number of hydrogen-bond acceptors (Lipinski definition) is 3. The first-order valence-corrected chi connectivity index (χ1v) is 10.6. The zero-order valence-electron chi connectivity index (χ0n) is 18.0. The number of benzene rings is 3. The summed E-state index contributed by atoms with van der Waals surface area (Å²) in [6.07, 6.45) is 4.39. The van der Waals surface area contributed by atoms with Crippen LogP contribution in [0, 0.1) is 11.3 Å². The van der Waals surface area contributed by atoms with E-state index in [9.17, 15) is 10.1 Å². The molecule has 0 saturated heterocycles. The van der Waals surface area contributed by atoms with Gasteiger partial charge < -0.3 is 14.6 Å². The van der Waals surface area contributed by atoms with Gasteiger partial charge in [0.2, 0.25) is 0 Å². The quantitative estimate of drug-likeness (QED) is 0.249. The Labute approximate surface area is 187 Å². The summed E-state index contributed by atoms with van der Waals surface area (Å²) in [5.74, 6) is -0.366. The lowest BCUT2D eigenvalue weighted by atomic mass is 10.0. The van der Waals surface area contributed by atoms with Gasteiger partial charge in [-0.1, -0.05) is 60.7 Å². The molecule has 1 heterocycles. The fourth-order valence-electron chi connectivity index (χ4n) is 3.95. The molecule has 0 saturated carbocycles. The lowest BCUT2D eigenvalue weighted by Crippen LogP contribution is -2.26. The molecule has 4 rings (SSSR count). The van der Waals surface area contributed by atoms with Crippen LogP contribution in [0.25, 0.3) is 27.8 Å². The van der Waals surface area contributed by atoms with Gasteiger partial charge in [0.25, 0.3) is 5.91 Å². The zero-order chi connectivity index (χ0) is 22.3. The number of aromatic nitrogens is 1. The first-order valence-electron chi connectivity index (χ1n) is 10.6. The van der Waals surface area contributed by atoms with Gasteiger partial charge in [0.15, 0.2) is 0 Å². The Bertz CT molecular complexity index is 1320. The fourth-order valence-corrected chi connectivity index (χ4v) is 3.95. The minimum atomic E-state index is -0.366. The van der Waals surface area contributed by atoms with Crippen LogP contribution in [0.15, 0.2) is 78.5 Å². The van der Waals surface area contributed by atoms with E-state index in [4.69, 9.17) is 4.74 Å². The second-order valence-electron chi connectivity index (χ2n) is 7.64. The Morgan fingerprint density at radius 2 is 1.81 bits per heavy atom. The molecule has 0 fully saturated rings. The van der Waals surface area contributed by atoms with E-state index < -0.39 is 0 Å². The van der Waals surface area contributed by atoms with Crippen LogP contribution in [0.5, 0.6) is 0 Å². The number of nitrogens with zero attached hydrogens (tertiary/aromatic N) is 2. The summed E-state index contributed by atoms with van der Waals surface area (Å²) in [6.45, 7) is 1.73. The van der Waals surface area contributed by atoms with Crippen molar-refractivity contribution < 1.29 is 9.53 Å². The smallest absolute Gasteiger partial charge is 0.261 e. The summed E-state index contributed by atoms with van der Waals surface area (Å²) in [5.41, 5.74) is 3.22. The molecule has 0 aliphatic heterocycles. The normalized spacial score (nSPS) is 11.6. The van der Waals surface area contributed by atoms with E-state index in [-0.39, 0.29) is 11.5 Å². The van der Waals surface area contributed by atoms with Gasteiger partial charge in [-0.25, -0.2) is 0 Å². The fraction of sp³-hybridized carbons (Fsp3) is 0.185. The summed E-state index contributed by atoms with van der Waals surface area (Å²) >= 11 is 0. The Balaban J connectivity index is 1.68. The van der Waals surface area contributed by atoms with Crippen molar-refractivity contribution >= 4 is 33.7 Å². The number of carbonyl (C=O) groups is 1. The van der Waals surface area contributed by atoms with Gasteiger partial charge in [0.1, 0.15) is 11.6 Å². The highest BCUT2D eigenvalue weighted by molar-refractivity contribution is 6.04. The molecule has 1 aromatic heterocycles. The van der Waals surface area contributed by atoms with Crippen molar-refractivity contribution in [2.24, 2.45) is 0 Å². The summed E-state index contributed by atoms with van der Waals surface area (Å²) in [7, 11) is 1.62. The Morgan fingerprint density at radius 3 is 2.62 bits per heavy atom. The van der Waals surface area contributed by atoms with E-state index in [0.29, 0.717) is 26.1 Å². The minimum absolute atomic E-state index is 0.0930. The van der Waals surface area contributed by atoms with Gasteiger partial charge in [-0.05, 0) is 34.9 Å². The molecule has 0 bridgehead atoms. The topological polar surface area (TPSA) is 67.0 Å². The highest BCUT2D eigenvalue weighted by Crippen LogP contribution is 2.26. The molecule has 0 spiro atoms. The van der Waals surface area contributed by atoms with Gasteiger partial charge in [0, 0.05) is 49.5 Å². The highest BCUT2D eigenvalue weighted by atomic mass is 16.5. The molecular weight excluding hydrogens is 398 g/mol. The van der Waals surface area contributed by atoms with E-state index in [0.717, 1.165) is 16.5 Å². The van der Waals surface area contributed by atoms with Crippen LogP contribution >= 0.6 is 0 Å². The van der Waals surface area contributed by atoms with Crippen molar-refractivity contribution in [3.8, 4) is 6.07 Å². The molecule has 0 unspecified atom stereocenters. The van der Waals surface area contributed by atoms with E-state index >= 15 is 0 Å². The average Bonchev–Trinajstić information content (AvgIpc) is 3.17. The van der Waals surface area contributed by atoms with Crippen molar-refractivity contribution in [2.75, 3.05) is 20.3 Å². The van der Waals surface area contributed by atoms with Crippen molar-refractivity contribution in [2.45, 2.75) is 13.0 Å². The predicted octanol–water partition coefficient (Wildman–Crippen LogP) is 4.90. The van der Waals surface area contributed by atoms with Crippen LogP contribution in [-0.2, 0) is 16.1 Å². The summed E-state index contributed by atoms with van der Waals surface area (Å²) in [5, 5.41) is 15.8. The molecule has 1 amide bonds. The van der Waals surface area contributed by atoms with Gasteiger partial charge in [-0.15, -0.1) is 0 Å². The molecule has 0 aliphatic rings. The SMILES string of the molecule is COCCCNC(=O)/C(C#N)=C/c1cn(Cc2cccc3ccccc23)c2ccccc12. The summed E-state index contributed by atoms with van der Waals surface area (Å²) in [6, 6.07) is 24.8. The molecule has 0 aliphatic carbocycles. The second-order valence-corrected chi connectivity index (χ2v) is 7.64. The Hall–Kier alpha value is -3.88. The molecule has 3 aromatic carbocycles. The minimum Gasteiger partial charge on any atom is -0.385 e. The number of fused-ring (bicyclic) bond motifs is 2. The van der Waals surface area contributed by atoms with Crippen LogP contribution in [0.4, 0.5) is 0 Å². The van der Waals surface area contributed by atoms with Crippen molar-refractivity contribution in [1.82, 2.24) is 9.88 Å². The van der Waals surface area contributed by atoms with Crippen LogP contribution in [-0.4, -0.2) is 30.7 Å². The highest BCUT2D eigenvalue weighted by Gasteiger charge is 2.13. The van der Waals surface area contributed by atoms with E-state index in [1.807, 2.05) is 36.5 Å². The molecular formula is C27H25N3O2. The van der Waals surface area contributed by atoms with E-state index in [2.05, 4.69) is 52.3 Å². The van der Waals surface area contributed by atoms with Crippen LogP contribution in [0.1, 0.15) is 17.5 Å². The number of amides is 1. The maximum Gasteiger partial charge on any atom is 0.261 e. The van der Waals surface area contributed by atoms with E-state index in [1.165, 1.54) is 16.3 Å². The summed E-state index contributed by atoms with van der Waals surface area (Å²) < 4.78 is 7.17. The summed E-state index contributed by atoms with van der Waals surface area (Å²) in [4.78, 5) is 12.5. The average molecular weight is 424 g/mol. The van der Waals surface area contributed by atoms with Gasteiger partial charge >= 0.3 is 0 Å². The largest absolute Gasteiger partial charge is 0.385 e. The number of hydrogen-bond donors (Lipinski definition) is 1. The van der Waals surface area contributed by atoms with Gasteiger partial charge in [-0.2, -0.15) is 5.26 Å². The van der Waals surface area contributed by atoms with Crippen molar-refractivity contribution in [3.05, 3.63) is 89.6 Å². The van der Waals surface area contributed by atoms with Crippen LogP contribution < -0.4 is 5.32 Å². The van der Waals surface area contributed by atoms with Crippen molar-refractivity contribution in [3.63, 3.8) is 0 Å². The van der Waals surface area contributed by atoms with Crippen LogP contribution in [0.2, 0.25) is 0 Å². The molecule has 1 N–H and O–H groups in total. The molecule has 0 radical (unpaired) electrons. The lowest BCUT2D eigenvalue weighted by molar-refractivity contribution is -0.117. The number of nitriles is 1. The molecule has 5 nitrogen and oxygen atoms in total. The molecule has 160 valence electrons. The second kappa shape index (κ2) is 9.95. The molecule has 32 heavy (non-hydrogen) atoms. The number of rotatable bonds is 8. The zero-order valence-corrected chi connectivity index (χ0v) is 18.0. The molecule has 4 aromatic rings. The first kappa shape index (κ1) is 21.4. The van der Waals surface area contributed by atoms with Crippen molar-refractivity contribution in [1.29, 1.82) is 5.26 Å².